The van der Waals surface area contributed by atoms with E-state index < -0.39 is 0 Å². The number of carbonyl (C=O) groups excluding carboxylic acids is 2. The van der Waals surface area contributed by atoms with Crippen LogP contribution >= 0.6 is 0 Å². The van der Waals surface area contributed by atoms with Crippen molar-refractivity contribution in [2.75, 3.05) is 26.7 Å². The van der Waals surface area contributed by atoms with Crippen LogP contribution in [0.1, 0.15) is 25.7 Å². The molecule has 5 heteroatoms. The molecule has 2 fully saturated rings. The Morgan fingerprint density at radius 1 is 1.24 bits per heavy atom. The SMILES string of the molecule is COC(=O)C1CCN(C(=O)C2CCCN2)CC1. The van der Waals surface area contributed by atoms with Crippen LogP contribution in [0.3, 0.4) is 0 Å². The molecule has 2 saturated heterocycles. The van der Waals surface area contributed by atoms with Crippen LogP contribution in [0.25, 0.3) is 0 Å². The summed E-state index contributed by atoms with van der Waals surface area (Å²) in [4.78, 5) is 25.3. The predicted molar refractivity (Wildman–Crippen MR) is 62.3 cm³/mol. The van der Waals surface area contributed by atoms with E-state index in [1.165, 1.54) is 7.11 Å². The Bertz CT molecular complexity index is 292. The maximum Gasteiger partial charge on any atom is 0.308 e. The number of rotatable bonds is 2. The molecule has 0 radical (unpaired) electrons. The van der Waals surface area contributed by atoms with Crippen LogP contribution in [0.2, 0.25) is 0 Å². The first-order valence-electron chi connectivity index (χ1n) is 6.32. The van der Waals surface area contributed by atoms with Gasteiger partial charge in [-0.1, -0.05) is 0 Å². The lowest BCUT2D eigenvalue weighted by Gasteiger charge is -2.32. The Balaban J connectivity index is 1.82. The van der Waals surface area contributed by atoms with Crippen LogP contribution in [-0.4, -0.2) is 49.6 Å². The molecule has 0 spiro atoms. The second-order valence-corrected chi connectivity index (χ2v) is 4.77. The summed E-state index contributed by atoms with van der Waals surface area (Å²) >= 11 is 0. The van der Waals surface area contributed by atoms with Crippen molar-refractivity contribution in [1.82, 2.24) is 10.2 Å². The lowest BCUT2D eigenvalue weighted by atomic mass is 9.96. The van der Waals surface area contributed by atoms with E-state index >= 15 is 0 Å². The predicted octanol–water partition coefficient (Wildman–Crippen LogP) is 0.150. The molecule has 2 heterocycles. The normalized spacial score (nSPS) is 25.9. The Kier molecular flexibility index (Phi) is 3.99. The summed E-state index contributed by atoms with van der Waals surface area (Å²) in [6, 6.07) is 0.00433. The number of piperidine rings is 1. The number of nitrogens with zero attached hydrogens (tertiary/aromatic N) is 1. The van der Waals surface area contributed by atoms with Crippen LogP contribution in [-0.2, 0) is 14.3 Å². The molecular weight excluding hydrogens is 220 g/mol. The van der Waals surface area contributed by atoms with E-state index in [2.05, 4.69) is 5.32 Å². The molecule has 2 aliphatic rings. The number of nitrogens with one attached hydrogen (secondary N) is 1. The lowest BCUT2D eigenvalue weighted by molar-refractivity contribution is -0.149. The van der Waals surface area contributed by atoms with Crippen LogP contribution in [0.15, 0.2) is 0 Å². The largest absolute Gasteiger partial charge is 0.469 e. The van der Waals surface area contributed by atoms with Gasteiger partial charge in [0.25, 0.3) is 0 Å². The van der Waals surface area contributed by atoms with E-state index in [0.29, 0.717) is 13.1 Å². The molecule has 0 aliphatic carbocycles. The Morgan fingerprint density at radius 3 is 2.47 bits per heavy atom. The van der Waals surface area contributed by atoms with Crippen molar-refractivity contribution in [1.29, 1.82) is 0 Å². The number of esters is 1. The minimum Gasteiger partial charge on any atom is -0.469 e. The summed E-state index contributed by atoms with van der Waals surface area (Å²) < 4.78 is 4.73. The highest BCUT2D eigenvalue weighted by molar-refractivity contribution is 5.82. The third-order valence-electron chi connectivity index (χ3n) is 3.70. The van der Waals surface area contributed by atoms with Crippen LogP contribution < -0.4 is 5.32 Å². The highest BCUT2D eigenvalue weighted by Crippen LogP contribution is 2.20. The van der Waals surface area contributed by atoms with Gasteiger partial charge in [0.2, 0.25) is 5.91 Å². The van der Waals surface area contributed by atoms with Gasteiger partial charge >= 0.3 is 5.97 Å². The van der Waals surface area contributed by atoms with E-state index in [-0.39, 0.29) is 23.8 Å². The molecule has 1 amide bonds. The van der Waals surface area contributed by atoms with Gasteiger partial charge in [0.05, 0.1) is 19.1 Å². The fourth-order valence-electron chi connectivity index (χ4n) is 2.62. The van der Waals surface area contributed by atoms with E-state index in [1.54, 1.807) is 0 Å². The quantitative estimate of drug-likeness (QED) is 0.698. The van der Waals surface area contributed by atoms with Crippen molar-refractivity contribution in [2.24, 2.45) is 5.92 Å². The molecule has 0 aromatic heterocycles. The number of methoxy groups -OCH3 is 1. The van der Waals surface area contributed by atoms with Crippen LogP contribution in [0, 0.1) is 5.92 Å². The third kappa shape index (κ3) is 2.77. The number of hydrogen-bond donors (Lipinski definition) is 1. The second kappa shape index (κ2) is 5.49. The summed E-state index contributed by atoms with van der Waals surface area (Å²) in [5.74, 6) is 0.0301. The number of ether oxygens (including phenoxy) is 1. The zero-order valence-electron chi connectivity index (χ0n) is 10.3. The molecule has 0 aromatic carbocycles. The minimum atomic E-state index is -0.143. The molecule has 0 saturated carbocycles. The molecular formula is C12H20N2O3. The summed E-state index contributed by atoms with van der Waals surface area (Å²) in [7, 11) is 1.42. The minimum absolute atomic E-state index is 0.00433. The van der Waals surface area contributed by atoms with E-state index in [4.69, 9.17) is 4.74 Å². The molecule has 5 nitrogen and oxygen atoms in total. The smallest absolute Gasteiger partial charge is 0.308 e. The average molecular weight is 240 g/mol. The molecule has 96 valence electrons. The number of hydrogen-bond acceptors (Lipinski definition) is 4. The molecule has 1 unspecified atom stereocenters. The second-order valence-electron chi connectivity index (χ2n) is 4.77. The summed E-state index contributed by atoms with van der Waals surface area (Å²) in [5.41, 5.74) is 0. The van der Waals surface area contributed by atoms with Crippen molar-refractivity contribution < 1.29 is 14.3 Å². The highest BCUT2D eigenvalue weighted by atomic mass is 16.5. The summed E-state index contributed by atoms with van der Waals surface area (Å²) in [6.07, 6.45) is 3.47. The van der Waals surface area contributed by atoms with Crippen molar-refractivity contribution in [3.05, 3.63) is 0 Å². The zero-order chi connectivity index (χ0) is 12.3. The number of likely N-dealkylation sites (tertiary alicyclic amines) is 1. The van der Waals surface area contributed by atoms with Gasteiger partial charge in [-0.15, -0.1) is 0 Å². The van der Waals surface area contributed by atoms with Gasteiger partial charge in [0, 0.05) is 13.1 Å². The Hall–Kier alpha value is -1.10. The molecule has 1 N–H and O–H groups in total. The van der Waals surface area contributed by atoms with Gasteiger partial charge in [-0.25, -0.2) is 0 Å². The highest BCUT2D eigenvalue weighted by Gasteiger charge is 2.32. The maximum atomic E-state index is 12.1. The molecule has 0 bridgehead atoms. The third-order valence-corrected chi connectivity index (χ3v) is 3.70. The maximum absolute atomic E-state index is 12.1. The Labute approximate surface area is 101 Å². The first-order chi connectivity index (χ1) is 8.22. The fourth-order valence-corrected chi connectivity index (χ4v) is 2.62. The number of carbonyl (C=O) groups is 2. The van der Waals surface area contributed by atoms with Crippen molar-refractivity contribution in [2.45, 2.75) is 31.7 Å². The molecule has 2 rings (SSSR count). The fraction of sp³-hybridized carbons (Fsp3) is 0.833. The topological polar surface area (TPSA) is 58.6 Å². The van der Waals surface area contributed by atoms with Gasteiger partial charge in [-0.05, 0) is 32.2 Å². The first kappa shape index (κ1) is 12.4. The van der Waals surface area contributed by atoms with Gasteiger partial charge in [0.1, 0.15) is 0 Å². The van der Waals surface area contributed by atoms with Gasteiger partial charge in [0.15, 0.2) is 0 Å². The van der Waals surface area contributed by atoms with Crippen LogP contribution in [0.4, 0.5) is 0 Å². The molecule has 0 aromatic rings. The monoisotopic (exact) mass is 240 g/mol. The molecule has 1 atom stereocenters. The van der Waals surface area contributed by atoms with Crippen LogP contribution in [0.5, 0.6) is 0 Å². The summed E-state index contributed by atoms with van der Waals surface area (Å²) in [5, 5.41) is 3.22. The average Bonchev–Trinajstić information content (AvgIpc) is 2.91. The van der Waals surface area contributed by atoms with Gasteiger partial charge in [-0.3, -0.25) is 9.59 Å². The van der Waals surface area contributed by atoms with Crippen molar-refractivity contribution >= 4 is 11.9 Å². The number of amides is 1. The zero-order valence-corrected chi connectivity index (χ0v) is 10.3. The Morgan fingerprint density at radius 2 is 1.94 bits per heavy atom. The van der Waals surface area contributed by atoms with Gasteiger partial charge < -0.3 is 15.0 Å². The van der Waals surface area contributed by atoms with E-state index in [1.807, 2.05) is 4.90 Å². The van der Waals surface area contributed by atoms with E-state index in [0.717, 1.165) is 32.2 Å². The first-order valence-corrected chi connectivity index (χ1v) is 6.32. The lowest BCUT2D eigenvalue weighted by Crippen LogP contribution is -2.47. The van der Waals surface area contributed by atoms with Gasteiger partial charge in [-0.2, -0.15) is 0 Å². The van der Waals surface area contributed by atoms with Crippen molar-refractivity contribution in [3.63, 3.8) is 0 Å². The van der Waals surface area contributed by atoms with E-state index in [9.17, 15) is 9.59 Å². The standard InChI is InChI=1S/C12H20N2O3/c1-17-12(16)9-4-7-14(8-5-9)11(15)10-3-2-6-13-10/h9-10,13H,2-8H2,1H3. The molecule has 17 heavy (non-hydrogen) atoms. The van der Waals surface area contributed by atoms with Crippen molar-refractivity contribution in [3.8, 4) is 0 Å². The summed E-state index contributed by atoms with van der Waals surface area (Å²) in [6.45, 7) is 2.29. The molecule has 2 aliphatic heterocycles.